The maximum absolute atomic E-state index is 12.7. The Morgan fingerprint density at radius 2 is 1.62 bits per heavy atom. The number of rotatable bonds is 6. The molecule has 2 aromatic carbocycles. The minimum Gasteiger partial charge on any atom is -0.446 e. The standard InChI is InChI=1S/C20H21N3O3/c1-13(24)17(21)20-22-16(12-26-20)19(25)23-18(14-8-4-2-5-9-14)15-10-6-3-7-11-15/h2-13,17-18,24H,21H2,1H3,(H,23,25). The molecule has 0 saturated heterocycles. The quantitative estimate of drug-likeness (QED) is 0.633. The molecule has 6 nitrogen and oxygen atoms in total. The molecule has 3 aromatic rings. The summed E-state index contributed by atoms with van der Waals surface area (Å²) in [5, 5.41) is 12.5. The second-order valence-corrected chi connectivity index (χ2v) is 6.07. The Kier molecular flexibility index (Phi) is 5.46. The molecule has 4 N–H and O–H groups in total. The molecule has 0 bridgehead atoms. The number of aromatic nitrogens is 1. The molecule has 0 aliphatic rings. The molecular formula is C20H21N3O3. The summed E-state index contributed by atoms with van der Waals surface area (Å²) in [6, 6.07) is 18.3. The van der Waals surface area contributed by atoms with Crippen molar-refractivity contribution in [2.75, 3.05) is 0 Å². The van der Waals surface area contributed by atoms with Gasteiger partial charge in [0.25, 0.3) is 5.91 Å². The van der Waals surface area contributed by atoms with Gasteiger partial charge in [0.15, 0.2) is 5.69 Å². The summed E-state index contributed by atoms with van der Waals surface area (Å²) in [4.78, 5) is 16.8. The van der Waals surface area contributed by atoms with Gasteiger partial charge in [-0.25, -0.2) is 4.98 Å². The lowest BCUT2D eigenvalue weighted by atomic mass is 9.98. The highest BCUT2D eigenvalue weighted by Crippen LogP contribution is 2.22. The van der Waals surface area contributed by atoms with E-state index in [1.807, 2.05) is 60.7 Å². The number of aliphatic hydroxyl groups is 1. The Bertz CT molecular complexity index is 808. The SMILES string of the molecule is CC(O)C(N)c1nc(C(=O)NC(c2ccccc2)c2ccccc2)co1. The molecule has 1 amide bonds. The molecule has 0 radical (unpaired) electrons. The molecule has 2 atom stereocenters. The predicted octanol–water partition coefficient (Wildman–Crippen LogP) is 2.57. The van der Waals surface area contributed by atoms with Crippen LogP contribution in [0.5, 0.6) is 0 Å². The van der Waals surface area contributed by atoms with Crippen molar-refractivity contribution in [3.05, 3.63) is 89.6 Å². The van der Waals surface area contributed by atoms with Gasteiger partial charge in [-0.3, -0.25) is 4.79 Å². The number of benzene rings is 2. The second-order valence-electron chi connectivity index (χ2n) is 6.07. The van der Waals surface area contributed by atoms with Gasteiger partial charge in [0, 0.05) is 0 Å². The van der Waals surface area contributed by atoms with Crippen LogP contribution in [-0.2, 0) is 0 Å². The minimum absolute atomic E-state index is 0.118. The smallest absolute Gasteiger partial charge is 0.273 e. The van der Waals surface area contributed by atoms with E-state index in [1.165, 1.54) is 13.2 Å². The average Bonchev–Trinajstić information content (AvgIpc) is 3.17. The molecular weight excluding hydrogens is 330 g/mol. The van der Waals surface area contributed by atoms with E-state index in [0.29, 0.717) is 0 Å². The van der Waals surface area contributed by atoms with Gasteiger partial charge in [-0.1, -0.05) is 60.7 Å². The van der Waals surface area contributed by atoms with Gasteiger partial charge in [0.05, 0.1) is 12.1 Å². The topological polar surface area (TPSA) is 101 Å². The first-order valence-corrected chi connectivity index (χ1v) is 8.36. The average molecular weight is 351 g/mol. The molecule has 26 heavy (non-hydrogen) atoms. The molecule has 0 saturated carbocycles. The number of carbonyl (C=O) groups is 1. The Morgan fingerprint density at radius 1 is 1.08 bits per heavy atom. The van der Waals surface area contributed by atoms with Crippen LogP contribution in [-0.4, -0.2) is 22.1 Å². The van der Waals surface area contributed by atoms with E-state index in [2.05, 4.69) is 10.3 Å². The molecule has 2 unspecified atom stereocenters. The molecule has 0 spiro atoms. The van der Waals surface area contributed by atoms with Crippen LogP contribution in [0.3, 0.4) is 0 Å². The molecule has 0 fully saturated rings. The normalized spacial score (nSPS) is 13.4. The van der Waals surface area contributed by atoms with E-state index >= 15 is 0 Å². The number of hydrogen-bond donors (Lipinski definition) is 3. The molecule has 6 heteroatoms. The number of nitrogens with one attached hydrogen (secondary N) is 1. The zero-order valence-corrected chi connectivity index (χ0v) is 14.4. The van der Waals surface area contributed by atoms with E-state index < -0.39 is 12.1 Å². The van der Waals surface area contributed by atoms with Crippen molar-refractivity contribution in [2.24, 2.45) is 5.73 Å². The Morgan fingerprint density at radius 3 is 2.12 bits per heavy atom. The van der Waals surface area contributed by atoms with E-state index in [1.54, 1.807) is 0 Å². The number of amides is 1. The maximum atomic E-state index is 12.7. The highest BCUT2D eigenvalue weighted by atomic mass is 16.3. The number of aliphatic hydroxyl groups excluding tert-OH is 1. The van der Waals surface area contributed by atoms with Crippen LogP contribution in [0.1, 0.15) is 46.5 Å². The number of nitrogens with zero attached hydrogens (tertiary/aromatic N) is 1. The number of carbonyl (C=O) groups excluding carboxylic acids is 1. The molecule has 0 aliphatic carbocycles. The lowest BCUT2D eigenvalue weighted by Gasteiger charge is -2.19. The van der Waals surface area contributed by atoms with Gasteiger partial charge in [-0.15, -0.1) is 0 Å². The summed E-state index contributed by atoms with van der Waals surface area (Å²) in [5.74, 6) is -0.253. The van der Waals surface area contributed by atoms with E-state index in [-0.39, 0.29) is 23.5 Å². The van der Waals surface area contributed by atoms with Gasteiger partial charge in [0.1, 0.15) is 12.3 Å². The first-order chi connectivity index (χ1) is 12.6. The van der Waals surface area contributed by atoms with Crippen molar-refractivity contribution in [2.45, 2.75) is 25.1 Å². The predicted molar refractivity (Wildman–Crippen MR) is 97.3 cm³/mol. The fourth-order valence-corrected chi connectivity index (χ4v) is 2.61. The highest BCUT2D eigenvalue weighted by molar-refractivity contribution is 5.92. The summed E-state index contributed by atoms with van der Waals surface area (Å²) in [6.07, 6.45) is 0.422. The number of oxazole rings is 1. The van der Waals surface area contributed by atoms with Crippen molar-refractivity contribution < 1.29 is 14.3 Å². The summed E-state index contributed by atoms with van der Waals surface area (Å²) in [7, 11) is 0. The van der Waals surface area contributed by atoms with E-state index in [4.69, 9.17) is 10.2 Å². The number of nitrogens with two attached hydrogens (primary N) is 1. The molecule has 1 aromatic heterocycles. The maximum Gasteiger partial charge on any atom is 0.273 e. The largest absolute Gasteiger partial charge is 0.446 e. The third-order valence-corrected chi connectivity index (χ3v) is 4.10. The highest BCUT2D eigenvalue weighted by Gasteiger charge is 2.23. The van der Waals surface area contributed by atoms with Gasteiger partial charge in [-0.2, -0.15) is 0 Å². The van der Waals surface area contributed by atoms with Crippen molar-refractivity contribution in [3.8, 4) is 0 Å². The summed E-state index contributed by atoms with van der Waals surface area (Å²) in [5.41, 5.74) is 7.83. The third-order valence-electron chi connectivity index (χ3n) is 4.10. The molecule has 0 aliphatic heterocycles. The van der Waals surface area contributed by atoms with Gasteiger partial charge >= 0.3 is 0 Å². The third kappa shape index (κ3) is 3.99. The number of hydrogen-bond acceptors (Lipinski definition) is 5. The van der Waals surface area contributed by atoms with Gasteiger partial charge in [0.2, 0.25) is 5.89 Å². The van der Waals surface area contributed by atoms with Crippen LogP contribution in [0.25, 0.3) is 0 Å². The second kappa shape index (κ2) is 7.95. The lowest BCUT2D eigenvalue weighted by Crippen LogP contribution is -2.30. The minimum atomic E-state index is -0.828. The van der Waals surface area contributed by atoms with Crippen LogP contribution in [0.15, 0.2) is 71.3 Å². The Balaban J connectivity index is 1.84. The Hall–Kier alpha value is -2.96. The molecule has 1 heterocycles. The Labute approximate surface area is 151 Å². The monoisotopic (exact) mass is 351 g/mol. The van der Waals surface area contributed by atoms with E-state index in [9.17, 15) is 9.90 Å². The summed E-state index contributed by atoms with van der Waals surface area (Å²) >= 11 is 0. The van der Waals surface area contributed by atoms with Crippen molar-refractivity contribution in [1.82, 2.24) is 10.3 Å². The lowest BCUT2D eigenvalue weighted by molar-refractivity contribution is 0.0937. The van der Waals surface area contributed by atoms with Crippen molar-refractivity contribution in [3.63, 3.8) is 0 Å². The molecule has 134 valence electrons. The van der Waals surface area contributed by atoms with Crippen LogP contribution in [0.4, 0.5) is 0 Å². The van der Waals surface area contributed by atoms with Crippen molar-refractivity contribution in [1.29, 1.82) is 0 Å². The molecule has 3 rings (SSSR count). The van der Waals surface area contributed by atoms with Crippen LogP contribution in [0, 0.1) is 0 Å². The summed E-state index contributed by atoms with van der Waals surface area (Å²) in [6.45, 7) is 1.54. The fraction of sp³-hybridized carbons (Fsp3) is 0.200. The first-order valence-electron chi connectivity index (χ1n) is 8.36. The van der Waals surface area contributed by atoms with Crippen LogP contribution >= 0.6 is 0 Å². The van der Waals surface area contributed by atoms with E-state index in [0.717, 1.165) is 11.1 Å². The van der Waals surface area contributed by atoms with Gasteiger partial charge in [-0.05, 0) is 18.1 Å². The zero-order chi connectivity index (χ0) is 18.5. The van der Waals surface area contributed by atoms with Crippen molar-refractivity contribution >= 4 is 5.91 Å². The zero-order valence-electron chi connectivity index (χ0n) is 14.4. The van der Waals surface area contributed by atoms with Crippen LogP contribution < -0.4 is 11.1 Å². The van der Waals surface area contributed by atoms with Gasteiger partial charge < -0.3 is 20.6 Å². The summed E-state index contributed by atoms with van der Waals surface area (Å²) < 4.78 is 5.24. The fourth-order valence-electron chi connectivity index (χ4n) is 2.61. The first kappa shape index (κ1) is 17.8. The van der Waals surface area contributed by atoms with Crippen LogP contribution in [0.2, 0.25) is 0 Å².